The van der Waals surface area contributed by atoms with E-state index in [2.05, 4.69) is 0 Å². The first-order valence-corrected chi connectivity index (χ1v) is 2.98. The predicted octanol–water partition coefficient (Wildman–Crippen LogP) is 1.84. The molecule has 0 saturated heterocycles. The van der Waals surface area contributed by atoms with Crippen LogP contribution < -0.4 is 0 Å². The zero-order valence-electron chi connectivity index (χ0n) is 5.84. The van der Waals surface area contributed by atoms with Crippen molar-refractivity contribution in [2.75, 3.05) is 0 Å². The molecule has 0 unspecified atom stereocenters. The van der Waals surface area contributed by atoms with Crippen molar-refractivity contribution in [3.8, 4) is 0 Å². The minimum absolute atomic E-state index is 0. The molecule has 1 rings (SSSR count). The van der Waals surface area contributed by atoms with Crippen LogP contribution in [0.3, 0.4) is 0 Å². The first-order valence-electron chi connectivity index (χ1n) is 2.98. The van der Waals surface area contributed by atoms with E-state index in [0.717, 1.165) is 5.56 Å². The number of hydrogen-bond donors (Lipinski definition) is 2. The molecule has 11 heavy (non-hydrogen) atoms. The van der Waals surface area contributed by atoms with Gasteiger partial charge in [-0.15, -0.1) is 17.0 Å². The van der Waals surface area contributed by atoms with Crippen LogP contribution in [0.5, 0.6) is 0 Å². The molecule has 0 heterocycles. The Morgan fingerprint density at radius 3 is 2.09 bits per heavy atom. The summed E-state index contributed by atoms with van der Waals surface area (Å²) in [6, 6.07) is 9.21. The van der Waals surface area contributed by atoms with Gasteiger partial charge in [-0.05, 0) is 5.56 Å². The molecule has 0 aliphatic heterocycles. The SMILES string of the molecule is Br.ON(O)Cc1ccccc1. The highest BCUT2D eigenvalue weighted by Gasteiger charge is 1.94. The van der Waals surface area contributed by atoms with E-state index in [4.69, 9.17) is 10.4 Å². The first-order chi connectivity index (χ1) is 4.79. The van der Waals surface area contributed by atoms with Gasteiger partial charge in [0.15, 0.2) is 0 Å². The van der Waals surface area contributed by atoms with E-state index in [-0.39, 0.29) is 28.8 Å². The molecule has 0 saturated carbocycles. The Morgan fingerprint density at radius 1 is 1.09 bits per heavy atom. The van der Waals surface area contributed by atoms with E-state index in [0.29, 0.717) is 0 Å². The van der Waals surface area contributed by atoms with Gasteiger partial charge in [0.25, 0.3) is 0 Å². The van der Waals surface area contributed by atoms with E-state index in [1.54, 1.807) is 0 Å². The summed E-state index contributed by atoms with van der Waals surface area (Å²) >= 11 is 0. The first kappa shape index (κ1) is 10.6. The van der Waals surface area contributed by atoms with Gasteiger partial charge in [-0.2, -0.15) is 0 Å². The summed E-state index contributed by atoms with van der Waals surface area (Å²) < 4.78 is 0. The number of hydrogen-bond acceptors (Lipinski definition) is 3. The van der Waals surface area contributed by atoms with E-state index < -0.39 is 0 Å². The Labute approximate surface area is 75.6 Å². The molecule has 3 nitrogen and oxygen atoms in total. The number of halogens is 1. The van der Waals surface area contributed by atoms with Crippen molar-refractivity contribution >= 4 is 17.0 Å². The average Bonchev–Trinajstić information content (AvgIpc) is 1.88. The second-order valence-corrected chi connectivity index (χ2v) is 2.02. The average molecular weight is 220 g/mol. The lowest BCUT2D eigenvalue weighted by Crippen LogP contribution is -2.12. The molecule has 4 heteroatoms. The van der Waals surface area contributed by atoms with Crippen molar-refractivity contribution in [1.29, 1.82) is 0 Å². The fourth-order valence-corrected chi connectivity index (χ4v) is 0.747. The van der Waals surface area contributed by atoms with Crippen molar-refractivity contribution < 1.29 is 10.4 Å². The Hall–Kier alpha value is -0.420. The Morgan fingerprint density at radius 2 is 1.64 bits per heavy atom. The molecule has 2 N–H and O–H groups in total. The number of benzene rings is 1. The summed E-state index contributed by atoms with van der Waals surface area (Å²) in [5.74, 6) is 0. The molecular weight excluding hydrogens is 210 g/mol. The Balaban J connectivity index is 0.000001000. The molecule has 0 fully saturated rings. The molecule has 0 bridgehead atoms. The van der Waals surface area contributed by atoms with E-state index in [9.17, 15) is 0 Å². The third kappa shape index (κ3) is 4.10. The predicted molar refractivity (Wildman–Crippen MR) is 45.9 cm³/mol. The summed E-state index contributed by atoms with van der Waals surface area (Å²) in [5.41, 5.74) is 0.868. The molecule has 1 aromatic rings. The quantitative estimate of drug-likeness (QED) is 0.747. The van der Waals surface area contributed by atoms with Gasteiger partial charge in [-0.25, -0.2) is 0 Å². The number of nitrogens with zero attached hydrogens (tertiary/aromatic N) is 1. The monoisotopic (exact) mass is 219 g/mol. The van der Waals surface area contributed by atoms with Crippen molar-refractivity contribution in [3.05, 3.63) is 35.9 Å². The van der Waals surface area contributed by atoms with Crippen LogP contribution in [0.2, 0.25) is 0 Å². The van der Waals surface area contributed by atoms with E-state index in [1.807, 2.05) is 30.3 Å². The topological polar surface area (TPSA) is 43.7 Å². The lowest BCUT2D eigenvalue weighted by atomic mass is 10.2. The zero-order valence-corrected chi connectivity index (χ0v) is 7.56. The Bertz CT molecular complexity index is 191. The van der Waals surface area contributed by atoms with Crippen LogP contribution >= 0.6 is 17.0 Å². The highest BCUT2D eigenvalue weighted by Crippen LogP contribution is 1.99. The van der Waals surface area contributed by atoms with Gasteiger partial charge in [-0.1, -0.05) is 35.6 Å². The van der Waals surface area contributed by atoms with Gasteiger partial charge < -0.3 is 0 Å². The van der Waals surface area contributed by atoms with Crippen molar-refractivity contribution in [3.63, 3.8) is 0 Å². The molecule has 0 aliphatic rings. The maximum Gasteiger partial charge on any atom is 0.0763 e. The Kier molecular flexibility index (Phi) is 5.06. The molecule has 0 radical (unpaired) electrons. The fraction of sp³-hybridized carbons (Fsp3) is 0.143. The molecule has 62 valence electrons. The van der Waals surface area contributed by atoms with Crippen LogP contribution in [0.4, 0.5) is 0 Å². The van der Waals surface area contributed by atoms with Gasteiger partial charge in [0, 0.05) is 0 Å². The van der Waals surface area contributed by atoms with Crippen molar-refractivity contribution in [2.24, 2.45) is 0 Å². The number of hydroxylamine groups is 2. The normalized spacial score (nSPS) is 9.36. The molecule has 0 aliphatic carbocycles. The summed E-state index contributed by atoms with van der Waals surface area (Å²) in [5, 5.41) is 17.0. The summed E-state index contributed by atoms with van der Waals surface area (Å²) in [7, 11) is 0. The standard InChI is InChI=1S/C7H9NO2.BrH/c9-8(10)6-7-4-2-1-3-5-7;/h1-5,9-10H,6H2;1H. The third-order valence-corrected chi connectivity index (χ3v) is 1.17. The third-order valence-electron chi connectivity index (χ3n) is 1.17. The highest BCUT2D eigenvalue weighted by atomic mass is 79.9. The summed E-state index contributed by atoms with van der Waals surface area (Å²) in [6.07, 6.45) is 0. The molecule has 1 aromatic carbocycles. The van der Waals surface area contributed by atoms with Crippen molar-refractivity contribution in [2.45, 2.75) is 6.54 Å². The van der Waals surface area contributed by atoms with Crippen LogP contribution in [-0.2, 0) is 6.54 Å². The summed E-state index contributed by atoms with van der Waals surface area (Å²) in [6.45, 7) is 0.140. The maximum atomic E-state index is 8.39. The fourth-order valence-electron chi connectivity index (χ4n) is 0.747. The highest BCUT2D eigenvalue weighted by molar-refractivity contribution is 8.93. The van der Waals surface area contributed by atoms with Gasteiger partial charge in [0.2, 0.25) is 0 Å². The second-order valence-electron chi connectivity index (χ2n) is 2.02. The van der Waals surface area contributed by atoms with Gasteiger partial charge in [-0.3, -0.25) is 10.4 Å². The van der Waals surface area contributed by atoms with Crippen molar-refractivity contribution in [1.82, 2.24) is 5.23 Å². The minimum atomic E-state index is 0. The van der Waals surface area contributed by atoms with Gasteiger partial charge in [0.1, 0.15) is 0 Å². The lowest BCUT2D eigenvalue weighted by molar-refractivity contribution is -0.314. The van der Waals surface area contributed by atoms with Gasteiger partial charge >= 0.3 is 0 Å². The maximum absolute atomic E-state index is 8.39. The molecule has 0 atom stereocenters. The van der Waals surface area contributed by atoms with Crippen LogP contribution in [0.25, 0.3) is 0 Å². The minimum Gasteiger partial charge on any atom is -0.289 e. The number of rotatable bonds is 2. The largest absolute Gasteiger partial charge is 0.289 e. The van der Waals surface area contributed by atoms with Crippen LogP contribution in [0, 0.1) is 0 Å². The van der Waals surface area contributed by atoms with E-state index >= 15 is 0 Å². The van der Waals surface area contributed by atoms with E-state index in [1.165, 1.54) is 0 Å². The molecule has 0 spiro atoms. The molecule has 0 amide bonds. The van der Waals surface area contributed by atoms with Crippen LogP contribution in [0.15, 0.2) is 30.3 Å². The molecule has 0 aromatic heterocycles. The van der Waals surface area contributed by atoms with Crippen LogP contribution in [-0.4, -0.2) is 15.6 Å². The molecular formula is C7H10BrNO2. The smallest absolute Gasteiger partial charge is 0.0763 e. The lowest BCUT2D eigenvalue weighted by Gasteiger charge is -2.04. The van der Waals surface area contributed by atoms with Gasteiger partial charge in [0.05, 0.1) is 6.54 Å². The van der Waals surface area contributed by atoms with Crippen LogP contribution in [0.1, 0.15) is 5.56 Å². The summed E-state index contributed by atoms with van der Waals surface area (Å²) in [4.78, 5) is 0. The zero-order chi connectivity index (χ0) is 7.40. The second kappa shape index (κ2) is 5.26.